The lowest BCUT2D eigenvalue weighted by Crippen LogP contribution is -2.16. The first-order chi connectivity index (χ1) is 7.38. The second kappa shape index (κ2) is 3.26. The zero-order chi connectivity index (χ0) is 10.3. The molecule has 0 amide bonds. The Hall–Kier alpha value is -1.51. The maximum atomic E-state index is 4.61. The minimum absolute atomic E-state index is 1.03. The molecule has 3 heteroatoms. The predicted molar refractivity (Wildman–Crippen MR) is 62.2 cm³/mol. The van der Waals surface area contributed by atoms with Crippen molar-refractivity contribution in [1.29, 1.82) is 0 Å². The maximum absolute atomic E-state index is 4.61. The predicted octanol–water partition coefficient (Wildman–Crippen LogP) is 2.41. The van der Waals surface area contributed by atoms with Crippen LogP contribution >= 0.6 is 0 Å². The number of anilines is 1. The Kier molecular flexibility index (Phi) is 1.91. The second-order valence-electron chi connectivity index (χ2n) is 4.04. The van der Waals surface area contributed by atoms with Crippen LogP contribution in [-0.4, -0.2) is 16.1 Å². The van der Waals surface area contributed by atoms with E-state index in [4.69, 9.17) is 0 Å². The van der Waals surface area contributed by atoms with E-state index in [0.717, 1.165) is 31.0 Å². The summed E-state index contributed by atoms with van der Waals surface area (Å²) in [6.45, 7) is 4.31. The third-order valence-electron chi connectivity index (χ3n) is 3.06. The number of benzene rings is 1. The van der Waals surface area contributed by atoms with Gasteiger partial charge in [-0.25, -0.2) is 4.98 Å². The summed E-state index contributed by atoms with van der Waals surface area (Å²) in [5.41, 5.74) is 3.74. The minimum atomic E-state index is 1.03. The topological polar surface area (TPSA) is 29.9 Å². The van der Waals surface area contributed by atoms with E-state index in [9.17, 15) is 0 Å². The summed E-state index contributed by atoms with van der Waals surface area (Å²) in [4.78, 5) is 4.61. The highest BCUT2D eigenvalue weighted by molar-refractivity contribution is 5.79. The summed E-state index contributed by atoms with van der Waals surface area (Å²) in [5.74, 6) is 1.03. The largest absolute Gasteiger partial charge is 0.356 e. The first kappa shape index (κ1) is 8.77. The fraction of sp³-hybridized carbons (Fsp3) is 0.417. The summed E-state index contributed by atoms with van der Waals surface area (Å²) < 4.78 is 2.28. The molecule has 1 N–H and O–H groups in total. The second-order valence-corrected chi connectivity index (χ2v) is 4.04. The van der Waals surface area contributed by atoms with E-state index in [1.54, 1.807) is 0 Å². The van der Waals surface area contributed by atoms with Crippen molar-refractivity contribution >= 4 is 17.0 Å². The van der Waals surface area contributed by atoms with Crippen LogP contribution in [0.5, 0.6) is 0 Å². The molecule has 1 aromatic carbocycles. The third kappa shape index (κ3) is 1.30. The molecule has 3 rings (SSSR count). The van der Waals surface area contributed by atoms with Gasteiger partial charge < -0.3 is 9.88 Å². The number of fused-ring (bicyclic) bond motifs is 3. The first-order valence-corrected chi connectivity index (χ1v) is 5.61. The van der Waals surface area contributed by atoms with Crippen molar-refractivity contribution in [2.24, 2.45) is 0 Å². The molecule has 0 saturated heterocycles. The van der Waals surface area contributed by atoms with Crippen molar-refractivity contribution < 1.29 is 0 Å². The highest BCUT2D eigenvalue weighted by Crippen LogP contribution is 2.23. The van der Waals surface area contributed by atoms with Crippen molar-refractivity contribution in [1.82, 2.24) is 9.55 Å². The van der Waals surface area contributed by atoms with Gasteiger partial charge in [0.25, 0.3) is 0 Å². The van der Waals surface area contributed by atoms with Crippen LogP contribution in [0.25, 0.3) is 11.0 Å². The van der Waals surface area contributed by atoms with Gasteiger partial charge in [0.05, 0.1) is 11.0 Å². The van der Waals surface area contributed by atoms with Gasteiger partial charge in [-0.3, -0.25) is 0 Å². The van der Waals surface area contributed by atoms with Gasteiger partial charge in [-0.2, -0.15) is 0 Å². The highest BCUT2D eigenvalue weighted by atomic mass is 15.2. The fourth-order valence-electron chi connectivity index (χ4n) is 2.19. The molecule has 2 heterocycles. The molecule has 78 valence electrons. The number of nitrogens with one attached hydrogen (secondary N) is 1. The van der Waals surface area contributed by atoms with Crippen LogP contribution in [0.2, 0.25) is 0 Å². The molecule has 1 aromatic heterocycles. The Bertz CT molecular complexity index is 499. The van der Waals surface area contributed by atoms with Crippen molar-refractivity contribution in [2.75, 3.05) is 11.9 Å². The third-order valence-corrected chi connectivity index (χ3v) is 3.06. The van der Waals surface area contributed by atoms with Crippen LogP contribution in [-0.2, 0) is 13.0 Å². The lowest BCUT2D eigenvalue weighted by Gasteiger charge is -2.15. The van der Waals surface area contributed by atoms with Crippen LogP contribution in [0.15, 0.2) is 18.2 Å². The molecule has 3 nitrogen and oxygen atoms in total. The van der Waals surface area contributed by atoms with Gasteiger partial charge in [0.1, 0.15) is 0 Å². The average molecular weight is 201 g/mol. The van der Waals surface area contributed by atoms with Gasteiger partial charge >= 0.3 is 0 Å². The zero-order valence-electron chi connectivity index (χ0n) is 8.95. The molecular weight excluding hydrogens is 186 g/mol. The summed E-state index contributed by atoms with van der Waals surface area (Å²) in [6, 6.07) is 6.59. The van der Waals surface area contributed by atoms with E-state index in [-0.39, 0.29) is 0 Å². The van der Waals surface area contributed by atoms with E-state index in [2.05, 4.69) is 40.0 Å². The number of imidazole rings is 1. The van der Waals surface area contributed by atoms with Crippen molar-refractivity contribution in [2.45, 2.75) is 26.3 Å². The molecule has 0 saturated carbocycles. The van der Waals surface area contributed by atoms with E-state index >= 15 is 0 Å². The molecule has 0 aliphatic carbocycles. The van der Waals surface area contributed by atoms with Crippen LogP contribution < -0.4 is 5.32 Å². The average Bonchev–Trinajstić information content (AvgIpc) is 2.66. The van der Waals surface area contributed by atoms with Crippen molar-refractivity contribution in [3.8, 4) is 0 Å². The molecule has 0 bridgehead atoms. The monoisotopic (exact) mass is 201 g/mol. The Morgan fingerprint density at radius 1 is 1.47 bits per heavy atom. The SMILES string of the molecule is CCc1ccc2c(c1)nc1n2CCCN1. The van der Waals surface area contributed by atoms with E-state index < -0.39 is 0 Å². The van der Waals surface area contributed by atoms with Crippen molar-refractivity contribution in [3.05, 3.63) is 23.8 Å². The minimum Gasteiger partial charge on any atom is -0.356 e. The van der Waals surface area contributed by atoms with E-state index in [1.165, 1.54) is 17.5 Å². The smallest absolute Gasteiger partial charge is 0.203 e. The summed E-state index contributed by atoms with van der Waals surface area (Å²) >= 11 is 0. The number of nitrogens with zero attached hydrogens (tertiary/aromatic N) is 2. The van der Waals surface area contributed by atoms with Crippen LogP contribution in [0.1, 0.15) is 18.9 Å². The van der Waals surface area contributed by atoms with Crippen LogP contribution in [0.4, 0.5) is 5.95 Å². The van der Waals surface area contributed by atoms with Gasteiger partial charge in [-0.1, -0.05) is 13.0 Å². The normalized spacial score (nSPS) is 15.0. The molecule has 1 aliphatic rings. The molecule has 1 aliphatic heterocycles. The molecule has 2 aromatic rings. The molecule has 0 atom stereocenters. The van der Waals surface area contributed by atoms with Gasteiger partial charge in [0.2, 0.25) is 5.95 Å². The van der Waals surface area contributed by atoms with Crippen molar-refractivity contribution in [3.63, 3.8) is 0 Å². The van der Waals surface area contributed by atoms with E-state index in [0.29, 0.717) is 0 Å². The Morgan fingerprint density at radius 2 is 2.40 bits per heavy atom. The maximum Gasteiger partial charge on any atom is 0.203 e. The quantitative estimate of drug-likeness (QED) is 0.768. The van der Waals surface area contributed by atoms with Gasteiger partial charge in [0.15, 0.2) is 0 Å². The number of rotatable bonds is 1. The Balaban J connectivity index is 2.22. The summed E-state index contributed by atoms with van der Waals surface area (Å²) in [6.07, 6.45) is 2.26. The van der Waals surface area contributed by atoms with Crippen LogP contribution in [0.3, 0.4) is 0 Å². The summed E-state index contributed by atoms with van der Waals surface area (Å²) in [5, 5.41) is 3.34. The molecule has 0 radical (unpaired) electrons. The fourth-order valence-corrected chi connectivity index (χ4v) is 2.19. The van der Waals surface area contributed by atoms with Gasteiger partial charge in [-0.05, 0) is 30.5 Å². The van der Waals surface area contributed by atoms with Gasteiger partial charge in [-0.15, -0.1) is 0 Å². The first-order valence-electron chi connectivity index (χ1n) is 5.61. The van der Waals surface area contributed by atoms with Gasteiger partial charge in [0, 0.05) is 13.1 Å². The molecule has 0 spiro atoms. The Morgan fingerprint density at radius 3 is 3.27 bits per heavy atom. The number of hydrogen-bond acceptors (Lipinski definition) is 2. The summed E-state index contributed by atoms with van der Waals surface area (Å²) in [7, 11) is 0. The lowest BCUT2D eigenvalue weighted by molar-refractivity contribution is 0.642. The standard InChI is InChI=1S/C12H15N3/c1-2-9-4-5-11-10(8-9)14-12-13-6-3-7-15(11)12/h4-5,8H,2-3,6-7H2,1H3,(H,13,14). The molecule has 0 unspecified atom stereocenters. The number of aryl methyl sites for hydroxylation is 2. The highest BCUT2D eigenvalue weighted by Gasteiger charge is 2.13. The van der Waals surface area contributed by atoms with Crippen LogP contribution in [0, 0.1) is 0 Å². The molecule has 0 fully saturated rings. The molecular formula is C12H15N3. The number of hydrogen-bond donors (Lipinski definition) is 1. The van der Waals surface area contributed by atoms with E-state index in [1.807, 2.05) is 0 Å². The molecule has 15 heavy (non-hydrogen) atoms. The zero-order valence-corrected chi connectivity index (χ0v) is 8.95. The lowest BCUT2D eigenvalue weighted by atomic mass is 10.1. The Labute approximate surface area is 89.1 Å². The number of aromatic nitrogens is 2.